The molecule has 0 aromatic heterocycles. The van der Waals surface area contributed by atoms with E-state index in [4.69, 9.17) is 0 Å². The van der Waals surface area contributed by atoms with Crippen molar-refractivity contribution in [2.24, 2.45) is 0 Å². The van der Waals surface area contributed by atoms with Gasteiger partial charge in [-0.3, -0.25) is 4.79 Å². The Balaban J connectivity index is 2.33. The van der Waals surface area contributed by atoms with E-state index in [9.17, 15) is 18.0 Å². The predicted octanol–water partition coefficient (Wildman–Crippen LogP) is 5.43. The van der Waals surface area contributed by atoms with E-state index in [0.717, 1.165) is 31.4 Å². The van der Waals surface area contributed by atoms with E-state index in [2.05, 4.69) is 6.92 Å². The van der Waals surface area contributed by atoms with Gasteiger partial charge in [0.1, 0.15) is 0 Å². The minimum Gasteiger partial charge on any atom is -0.294 e. The van der Waals surface area contributed by atoms with Gasteiger partial charge in [0, 0.05) is 12.0 Å². The van der Waals surface area contributed by atoms with Crippen molar-refractivity contribution in [2.75, 3.05) is 0 Å². The van der Waals surface area contributed by atoms with Crippen LogP contribution >= 0.6 is 0 Å². The highest BCUT2D eigenvalue weighted by atomic mass is 19.2. The molecule has 0 aliphatic heterocycles. The fourth-order valence-electron chi connectivity index (χ4n) is 2.10. The molecule has 20 heavy (non-hydrogen) atoms. The van der Waals surface area contributed by atoms with Gasteiger partial charge in [0.2, 0.25) is 0 Å². The Morgan fingerprint density at radius 2 is 1.40 bits per heavy atom. The number of Topliss-reactive ketones (excluding diaryl/α,β-unsaturated/α-hetero) is 1. The Bertz CT molecular complexity index is 420. The molecule has 0 aliphatic carbocycles. The van der Waals surface area contributed by atoms with Crippen LogP contribution in [0.15, 0.2) is 12.1 Å². The normalized spacial score (nSPS) is 10.8. The fraction of sp³-hybridized carbons (Fsp3) is 0.562. The lowest BCUT2D eigenvalue weighted by Gasteiger charge is -2.03. The van der Waals surface area contributed by atoms with Crippen LogP contribution in [0.3, 0.4) is 0 Å². The summed E-state index contributed by atoms with van der Waals surface area (Å²) in [6, 6.07) is 1.53. The van der Waals surface area contributed by atoms with E-state index in [1.165, 1.54) is 19.3 Å². The molecule has 1 aromatic rings. The summed E-state index contributed by atoms with van der Waals surface area (Å²) in [7, 11) is 0. The Hall–Kier alpha value is -1.32. The number of hydrogen-bond donors (Lipinski definition) is 0. The molecule has 1 aromatic carbocycles. The number of carbonyl (C=O) groups excluding carboxylic acids is 1. The van der Waals surface area contributed by atoms with Crippen LogP contribution in [0.4, 0.5) is 13.2 Å². The lowest BCUT2D eigenvalue weighted by molar-refractivity contribution is 0.0978. The standard InChI is InChI=1S/C16H21F3O/c1-2-3-4-5-6-7-8-9-15(20)12-10-13(17)16(19)14(18)11-12/h10-11H,2-9H2,1H3. The van der Waals surface area contributed by atoms with Gasteiger partial charge >= 0.3 is 0 Å². The molecule has 1 nitrogen and oxygen atoms in total. The highest BCUT2D eigenvalue weighted by Gasteiger charge is 2.14. The third-order valence-electron chi connectivity index (χ3n) is 3.31. The zero-order valence-corrected chi connectivity index (χ0v) is 11.9. The van der Waals surface area contributed by atoms with Crippen LogP contribution in [-0.2, 0) is 0 Å². The van der Waals surface area contributed by atoms with Gasteiger partial charge < -0.3 is 0 Å². The minimum atomic E-state index is -1.53. The molecule has 0 heterocycles. The van der Waals surface area contributed by atoms with Crippen LogP contribution in [0, 0.1) is 17.5 Å². The molecule has 0 atom stereocenters. The van der Waals surface area contributed by atoms with Crippen LogP contribution < -0.4 is 0 Å². The van der Waals surface area contributed by atoms with E-state index in [1.807, 2.05) is 0 Å². The topological polar surface area (TPSA) is 17.1 Å². The number of unbranched alkanes of at least 4 members (excludes halogenated alkanes) is 6. The summed E-state index contributed by atoms with van der Waals surface area (Å²) < 4.78 is 38.8. The molecular weight excluding hydrogens is 265 g/mol. The van der Waals surface area contributed by atoms with Crippen molar-refractivity contribution in [1.29, 1.82) is 0 Å². The molecule has 0 spiro atoms. The second-order valence-corrected chi connectivity index (χ2v) is 5.05. The van der Waals surface area contributed by atoms with Crippen molar-refractivity contribution in [3.05, 3.63) is 35.1 Å². The lowest BCUT2D eigenvalue weighted by Crippen LogP contribution is -2.03. The first kappa shape index (κ1) is 16.7. The molecule has 4 heteroatoms. The van der Waals surface area contributed by atoms with Crippen LogP contribution in [-0.4, -0.2) is 5.78 Å². The molecule has 0 N–H and O–H groups in total. The van der Waals surface area contributed by atoms with Gasteiger partial charge in [0.15, 0.2) is 23.2 Å². The predicted molar refractivity (Wildman–Crippen MR) is 73.3 cm³/mol. The summed E-state index contributed by atoms with van der Waals surface area (Å²) in [6.07, 6.45) is 7.73. The minimum absolute atomic E-state index is 0.0904. The highest BCUT2D eigenvalue weighted by molar-refractivity contribution is 5.96. The third kappa shape index (κ3) is 5.35. The Morgan fingerprint density at radius 1 is 0.900 bits per heavy atom. The molecule has 0 aliphatic rings. The van der Waals surface area contributed by atoms with Crippen molar-refractivity contribution < 1.29 is 18.0 Å². The average molecular weight is 286 g/mol. The Labute approximate surface area is 118 Å². The second kappa shape index (κ2) is 8.77. The lowest BCUT2D eigenvalue weighted by atomic mass is 10.0. The summed E-state index contributed by atoms with van der Waals surface area (Å²) in [5, 5.41) is 0. The van der Waals surface area contributed by atoms with Gasteiger partial charge in [-0.25, -0.2) is 13.2 Å². The number of carbonyl (C=O) groups is 1. The first-order valence-corrected chi connectivity index (χ1v) is 7.24. The summed E-state index contributed by atoms with van der Waals surface area (Å²) >= 11 is 0. The molecule has 0 saturated carbocycles. The zero-order chi connectivity index (χ0) is 15.0. The maximum atomic E-state index is 13.0. The summed E-state index contributed by atoms with van der Waals surface area (Å²) in [4.78, 5) is 11.7. The van der Waals surface area contributed by atoms with Crippen molar-refractivity contribution >= 4 is 5.78 Å². The van der Waals surface area contributed by atoms with Gasteiger partial charge in [-0.2, -0.15) is 0 Å². The van der Waals surface area contributed by atoms with E-state index < -0.39 is 17.5 Å². The van der Waals surface area contributed by atoms with Crippen LogP contribution in [0.2, 0.25) is 0 Å². The number of hydrogen-bond acceptors (Lipinski definition) is 1. The van der Waals surface area contributed by atoms with Crippen molar-refractivity contribution in [3.8, 4) is 0 Å². The SMILES string of the molecule is CCCCCCCCCC(=O)c1cc(F)c(F)c(F)c1. The summed E-state index contributed by atoms with van der Waals surface area (Å²) in [5.74, 6) is -4.49. The van der Waals surface area contributed by atoms with E-state index in [1.54, 1.807) is 0 Å². The maximum absolute atomic E-state index is 13.0. The highest BCUT2D eigenvalue weighted by Crippen LogP contribution is 2.16. The molecule has 1 rings (SSSR count). The molecule has 0 radical (unpaired) electrons. The van der Waals surface area contributed by atoms with Crippen LogP contribution in [0.5, 0.6) is 0 Å². The molecular formula is C16H21F3O. The molecule has 0 saturated heterocycles. The van der Waals surface area contributed by atoms with Crippen molar-refractivity contribution in [3.63, 3.8) is 0 Å². The van der Waals surface area contributed by atoms with Crippen LogP contribution in [0.25, 0.3) is 0 Å². The van der Waals surface area contributed by atoms with Gasteiger partial charge in [0.25, 0.3) is 0 Å². The Kier molecular flexibility index (Phi) is 7.34. The number of benzene rings is 1. The average Bonchev–Trinajstić information content (AvgIpc) is 2.43. The van der Waals surface area contributed by atoms with Crippen LogP contribution in [0.1, 0.15) is 68.6 Å². The summed E-state index contributed by atoms with van der Waals surface area (Å²) in [5.41, 5.74) is -0.0904. The van der Waals surface area contributed by atoms with E-state index >= 15 is 0 Å². The second-order valence-electron chi connectivity index (χ2n) is 5.05. The number of ketones is 1. The molecule has 0 amide bonds. The largest absolute Gasteiger partial charge is 0.294 e. The van der Waals surface area contributed by atoms with E-state index in [-0.39, 0.29) is 17.8 Å². The van der Waals surface area contributed by atoms with Gasteiger partial charge in [0.05, 0.1) is 0 Å². The Morgan fingerprint density at radius 3 is 1.95 bits per heavy atom. The number of halogens is 3. The maximum Gasteiger partial charge on any atom is 0.194 e. The third-order valence-corrected chi connectivity index (χ3v) is 3.31. The van der Waals surface area contributed by atoms with Crippen molar-refractivity contribution in [1.82, 2.24) is 0 Å². The first-order chi connectivity index (χ1) is 9.56. The monoisotopic (exact) mass is 286 g/mol. The smallest absolute Gasteiger partial charge is 0.194 e. The zero-order valence-electron chi connectivity index (χ0n) is 11.9. The summed E-state index contributed by atoms with van der Waals surface area (Å²) in [6.45, 7) is 2.15. The first-order valence-electron chi connectivity index (χ1n) is 7.24. The van der Waals surface area contributed by atoms with Crippen molar-refractivity contribution in [2.45, 2.75) is 58.3 Å². The molecule has 112 valence electrons. The van der Waals surface area contributed by atoms with Gasteiger partial charge in [-0.1, -0.05) is 45.4 Å². The molecule has 0 bridgehead atoms. The van der Waals surface area contributed by atoms with E-state index in [0.29, 0.717) is 6.42 Å². The fourth-order valence-corrected chi connectivity index (χ4v) is 2.10. The van der Waals surface area contributed by atoms with Gasteiger partial charge in [-0.05, 0) is 18.6 Å². The number of rotatable bonds is 9. The quantitative estimate of drug-likeness (QED) is 0.336. The molecule has 0 unspecified atom stereocenters. The van der Waals surface area contributed by atoms with Gasteiger partial charge in [-0.15, -0.1) is 0 Å². The molecule has 0 fully saturated rings.